The van der Waals surface area contributed by atoms with Gasteiger partial charge in [-0.15, -0.1) is 0 Å². The summed E-state index contributed by atoms with van der Waals surface area (Å²) in [5.41, 5.74) is 5.76. The summed E-state index contributed by atoms with van der Waals surface area (Å²) in [5, 5.41) is 22.3. The van der Waals surface area contributed by atoms with Gasteiger partial charge in [0.05, 0.1) is 36.0 Å². The lowest BCUT2D eigenvalue weighted by Gasteiger charge is -2.28. The number of amides is 2. The second-order valence-electron chi connectivity index (χ2n) is 10.6. The van der Waals surface area contributed by atoms with Gasteiger partial charge in [0.15, 0.2) is 17.7 Å². The van der Waals surface area contributed by atoms with E-state index >= 15 is 0 Å². The van der Waals surface area contributed by atoms with Crippen LogP contribution < -0.4 is 30.3 Å². The average molecular weight is 704 g/mol. The van der Waals surface area contributed by atoms with E-state index in [9.17, 15) is 14.7 Å². The number of aliphatic hydroxyl groups is 1. The number of fused-ring (bicyclic) bond motifs is 1. The molecule has 4 N–H and O–H groups in total. The molecule has 0 saturated heterocycles. The maximum Gasteiger partial charge on any atom is 0.337 e. The molecule has 2 atom stereocenters. The zero-order valence-corrected chi connectivity index (χ0v) is 27.7. The number of hydrazone groups is 1. The molecular formula is C35H35BrN4O7. The molecule has 0 aliphatic carbocycles. The smallest absolute Gasteiger partial charge is 0.337 e. The molecule has 1 aliphatic rings. The minimum atomic E-state index is -1.13. The summed E-state index contributed by atoms with van der Waals surface area (Å²) in [6.07, 6.45) is 0.442. The van der Waals surface area contributed by atoms with Crippen LogP contribution in [0.4, 0.5) is 4.79 Å². The SMILES string of the molecule is CCOc1cc([C@H]2NC(=O)NC(C)=C2C(=O)OC)ccc1OC[C@H](O)N/N=C\c1ccc(OCc2ccc3ccccc3c2)c(Br)c1. The molecule has 244 valence electrons. The predicted octanol–water partition coefficient (Wildman–Crippen LogP) is 5.70. The van der Waals surface area contributed by atoms with Crippen molar-refractivity contribution in [3.05, 3.63) is 111 Å². The first-order valence-electron chi connectivity index (χ1n) is 14.9. The van der Waals surface area contributed by atoms with Crippen molar-refractivity contribution < 1.29 is 33.6 Å². The van der Waals surface area contributed by atoms with Crippen molar-refractivity contribution in [1.29, 1.82) is 0 Å². The summed E-state index contributed by atoms with van der Waals surface area (Å²) < 4.78 is 23.3. The molecule has 0 unspecified atom stereocenters. The number of halogens is 1. The van der Waals surface area contributed by atoms with Crippen molar-refractivity contribution in [2.75, 3.05) is 20.3 Å². The predicted molar refractivity (Wildman–Crippen MR) is 181 cm³/mol. The Morgan fingerprint density at radius 3 is 2.55 bits per heavy atom. The highest BCUT2D eigenvalue weighted by atomic mass is 79.9. The van der Waals surface area contributed by atoms with E-state index in [1.165, 1.54) is 17.9 Å². The van der Waals surface area contributed by atoms with Gasteiger partial charge in [0.25, 0.3) is 0 Å². The molecule has 1 heterocycles. The number of hydrogen-bond donors (Lipinski definition) is 4. The zero-order valence-electron chi connectivity index (χ0n) is 26.1. The monoisotopic (exact) mass is 702 g/mol. The van der Waals surface area contributed by atoms with Gasteiger partial charge in [0.2, 0.25) is 0 Å². The molecule has 4 aromatic carbocycles. The largest absolute Gasteiger partial charge is 0.490 e. The lowest BCUT2D eigenvalue weighted by atomic mass is 9.95. The summed E-state index contributed by atoms with van der Waals surface area (Å²) in [6, 6.07) is 23.9. The van der Waals surface area contributed by atoms with Gasteiger partial charge in [-0.25, -0.2) is 9.59 Å². The summed E-state index contributed by atoms with van der Waals surface area (Å²) in [6.45, 7) is 4.08. The lowest BCUT2D eigenvalue weighted by Crippen LogP contribution is -2.45. The zero-order chi connectivity index (χ0) is 33.3. The van der Waals surface area contributed by atoms with Gasteiger partial charge in [-0.1, -0.05) is 42.5 Å². The maximum atomic E-state index is 12.5. The average Bonchev–Trinajstić information content (AvgIpc) is 3.06. The number of carbonyl (C=O) groups is 2. The summed E-state index contributed by atoms with van der Waals surface area (Å²) in [7, 11) is 1.28. The van der Waals surface area contributed by atoms with Crippen LogP contribution >= 0.6 is 15.9 Å². The second-order valence-corrected chi connectivity index (χ2v) is 11.4. The first-order valence-corrected chi connectivity index (χ1v) is 15.7. The van der Waals surface area contributed by atoms with Crippen molar-refractivity contribution in [2.24, 2.45) is 5.10 Å². The molecular weight excluding hydrogens is 668 g/mol. The first kappa shape index (κ1) is 33.3. The molecule has 0 bridgehead atoms. The van der Waals surface area contributed by atoms with Crippen molar-refractivity contribution >= 4 is 44.9 Å². The van der Waals surface area contributed by atoms with Crippen LogP contribution in [-0.4, -0.2) is 49.9 Å². The lowest BCUT2D eigenvalue weighted by molar-refractivity contribution is -0.136. The topological polar surface area (TPSA) is 140 Å². The molecule has 5 rings (SSSR count). The van der Waals surface area contributed by atoms with Crippen LogP contribution in [0.5, 0.6) is 17.2 Å². The van der Waals surface area contributed by atoms with Gasteiger partial charge in [0.1, 0.15) is 19.0 Å². The number of benzene rings is 4. The molecule has 11 nitrogen and oxygen atoms in total. The fourth-order valence-corrected chi connectivity index (χ4v) is 5.54. The Morgan fingerprint density at radius 1 is 1.00 bits per heavy atom. The Kier molecular flexibility index (Phi) is 11.0. The Hall–Kier alpha value is -5.07. The van der Waals surface area contributed by atoms with E-state index in [-0.39, 0.29) is 12.2 Å². The number of aliphatic hydroxyl groups excluding tert-OH is 1. The molecule has 0 spiro atoms. The number of rotatable bonds is 13. The van der Waals surface area contributed by atoms with Gasteiger partial charge >= 0.3 is 12.0 Å². The Bertz CT molecular complexity index is 1830. The van der Waals surface area contributed by atoms with E-state index in [2.05, 4.69) is 67.4 Å². The number of esters is 1. The van der Waals surface area contributed by atoms with Gasteiger partial charge in [-0.2, -0.15) is 5.10 Å². The van der Waals surface area contributed by atoms with Gasteiger partial charge in [0, 0.05) is 5.70 Å². The first-order chi connectivity index (χ1) is 22.7. The summed E-state index contributed by atoms with van der Waals surface area (Å²) >= 11 is 3.56. The molecule has 12 heteroatoms. The van der Waals surface area contributed by atoms with Gasteiger partial charge in [-0.3, -0.25) is 5.43 Å². The van der Waals surface area contributed by atoms with Crippen molar-refractivity contribution in [1.82, 2.24) is 16.1 Å². The fourth-order valence-electron chi connectivity index (χ4n) is 5.02. The third kappa shape index (κ3) is 8.40. The Balaban J connectivity index is 1.16. The molecule has 4 aromatic rings. The minimum absolute atomic E-state index is 0.140. The Morgan fingerprint density at radius 2 is 1.79 bits per heavy atom. The standard InChI is InChI=1S/C35H35BrN4O7/c1-4-45-30-17-26(33-32(34(42)44-3)21(2)38-35(43)39-33)12-14-29(30)47-20-31(41)40-37-18-22-10-13-28(27(36)16-22)46-19-23-9-11-24-7-5-6-8-25(24)15-23/h5-18,31,33,40-41H,4,19-20H2,1-3H3,(H2,38,39,43)/b37-18-/t31-,33+/m0/s1. The molecule has 2 amide bonds. The van der Waals surface area contributed by atoms with E-state index in [4.69, 9.17) is 18.9 Å². The van der Waals surface area contributed by atoms with E-state index in [1.807, 2.05) is 37.3 Å². The number of carbonyl (C=O) groups excluding carboxylic acids is 2. The van der Waals surface area contributed by atoms with Crippen molar-refractivity contribution in [3.8, 4) is 17.2 Å². The molecule has 0 radical (unpaired) electrons. The van der Waals surface area contributed by atoms with Crippen molar-refractivity contribution in [3.63, 3.8) is 0 Å². The highest BCUT2D eigenvalue weighted by Crippen LogP contribution is 2.35. The summed E-state index contributed by atoms with van der Waals surface area (Å²) in [5.74, 6) is 0.872. The number of nitrogens with zero attached hydrogens (tertiary/aromatic N) is 1. The van der Waals surface area contributed by atoms with E-state index in [0.717, 1.165) is 15.6 Å². The van der Waals surface area contributed by atoms with Crippen LogP contribution in [0.1, 0.15) is 36.6 Å². The highest BCUT2D eigenvalue weighted by Gasteiger charge is 2.32. The number of methoxy groups -OCH3 is 1. The van der Waals surface area contributed by atoms with Crippen molar-refractivity contribution in [2.45, 2.75) is 32.7 Å². The highest BCUT2D eigenvalue weighted by molar-refractivity contribution is 9.10. The third-order valence-corrected chi connectivity index (χ3v) is 7.89. The summed E-state index contributed by atoms with van der Waals surface area (Å²) in [4.78, 5) is 24.6. The van der Waals surface area contributed by atoms with Crippen LogP contribution in [0.2, 0.25) is 0 Å². The number of nitrogens with one attached hydrogen (secondary N) is 3. The molecule has 0 fully saturated rings. The number of urea groups is 1. The van der Waals surface area contributed by atoms with Crippen LogP contribution in [0.3, 0.4) is 0 Å². The quantitative estimate of drug-likeness (QED) is 0.0602. The normalized spacial score (nSPS) is 15.2. The molecule has 0 saturated carbocycles. The Labute approximate surface area is 280 Å². The van der Waals surface area contributed by atoms with Crippen LogP contribution in [0.15, 0.2) is 99.7 Å². The van der Waals surface area contributed by atoms with E-state index < -0.39 is 24.3 Å². The molecule has 1 aliphatic heterocycles. The second kappa shape index (κ2) is 15.5. The maximum absolute atomic E-state index is 12.5. The van der Waals surface area contributed by atoms with E-state index in [1.54, 1.807) is 31.3 Å². The third-order valence-electron chi connectivity index (χ3n) is 7.27. The fraction of sp³-hybridized carbons (Fsp3) is 0.229. The molecule has 47 heavy (non-hydrogen) atoms. The number of hydrogen-bond acceptors (Lipinski definition) is 9. The number of ether oxygens (including phenoxy) is 4. The number of allylic oxidation sites excluding steroid dienone is 1. The van der Waals surface area contributed by atoms with Crippen LogP contribution in [0.25, 0.3) is 10.8 Å². The molecule has 0 aromatic heterocycles. The van der Waals surface area contributed by atoms with Crippen LogP contribution in [0, 0.1) is 0 Å². The van der Waals surface area contributed by atoms with Gasteiger partial charge < -0.3 is 34.7 Å². The van der Waals surface area contributed by atoms with Gasteiger partial charge in [-0.05, 0) is 93.6 Å². The minimum Gasteiger partial charge on any atom is -0.490 e. The van der Waals surface area contributed by atoms with E-state index in [0.29, 0.717) is 41.7 Å². The van der Waals surface area contributed by atoms with Crippen LogP contribution in [-0.2, 0) is 16.1 Å².